The van der Waals surface area contributed by atoms with Crippen LogP contribution in [0.4, 0.5) is 0 Å². The Morgan fingerprint density at radius 3 is 2.52 bits per heavy atom. The Morgan fingerprint density at radius 1 is 0.966 bits per heavy atom. The molecule has 0 amide bonds. The zero-order chi connectivity index (χ0) is 20.2. The molecular weight excluding hydrogens is 386 g/mol. The van der Waals surface area contributed by atoms with Crippen molar-refractivity contribution in [3.63, 3.8) is 0 Å². The van der Waals surface area contributed by atoms with Crippen LogP contribution in [0.5, 0.6) is 0 Å². The Balaban J connectivity index is 1.67. The number of halogens is 1. The lowest BCUT2D eigenvalue weighted by molar-refractivity contribution is 0.408. The lowest BCUT2D eigenvalue weighted by Crippen LogP contribution is -2.20. The lowest BCUT2D eigenvalue weighted by Gasteiger charge is -2.21. The molecule has 0 aliphatic heterocycles. The molecular formula is C21H18ClN7. The van der Waals surface area contributed by atoms with Crippen LogP contribution in [0.2, 0.25) is 5.28 Å². The second-order valence-electron chi connectivity index (χ2n) is 7.88. The van der Waals surface area contributed by atoms with E-state index in [1.807, 2.05) is 18.6 Å². The minimum atomic E-state index is -0.0604. The smallest absolute Gasteiger partial charge is 0.222 e. The molecule has 0 atom stereocenters. The van der Waals surface area contributed by atoms with Crippen molar-refractivity contribution in [3.8, 4) is 22.4 Å². The zero-order valence-electron chi connectivity index (χ0n) is 16.2. The summed E-state index contributed by atoms with van der Waals surface area (Å²) < 4.78 is 2.18. The molecule has 0 radical (unpaired) electrons. The van der Waals surface area contributed by atoms with Gasteiger partial charge >= 0.3 is 0 Å². The number of imidazole rings is 1. The highest BCUT2D eigenvalue weighted by Gasteiger charge is 2.18. The number of H-pyrrole nitrogens is 1. The number of nitrogens with zero attached hydrogens (tertiary/aromatic N) is 6. The number of aromatic amines is 1. The van der Waals surface area contributed by atoms with Gasteiger partial charge in [-0.3, -0.25) is 0 Å². The van der Waals surface area contributed by atoms with Crippen LogP contribution >= 0.6 is 11.6 Å². The number of nitrogens with one attached hydrogen (secondary N) is 1. The summed E-state index contributed by atoms with van der Waals surface area (Å²) in [7, 11) is 0. The van der Waals surface area contributed by atoms with Crippen molar-refractivity contribution in [3.05, 3.63) is 54.6 Å². The Labute approximate surface area is 171 Å². The fraction of sp³-hybridized carbons (Fsp3) is 0.190. The number of rotatable bonds is 2. The Hall–Kier alpha value is -3.32. The summed E-state index contributed by atoms with van der Waals surface area (Å²) >= 11 is 5.79. The van der Waals surface area contributed by atoms with Crippen LogP contribution in [-0.2, 0) is 5.54 Å². The molecule has 0 bridgehead atoms. The van der Waals surface area contributed by atoms with Crippen LogP contribution in [0.25, 0.3) is 44.6 Å². The van der Waals surface area contributed by atoms with Gasteiger partial charge in [0.1, 0.15) is 5.52 Å². The summed E-state index contributed by atoms with van der Waals surface area (Å²) in [6, 6.07) is 6.25. The maximum atomic E-state index is 5.79. The minimum Gasteiger partial charge on any atom is -0.344 e. The first-order valence-electron chi connectivity index (χ1n) is 9.20. The Morgan fingerprint density at radius 2 is 1.76 bits per heavy atom. The van der Waals surface area contributed by atoms with Crippen LogP contribution < -0.4 is 0 Å². The van der Waals surface area contributed by atoms with Gasteiger partial charge in [-0.2, -0.15) is 0 Å². The predicted octanol–water partition coefficient (Wildman–Crippen LogP) is 4.84. The maximum absolute atomic E-state index is 5.79. The van der Waals surface area contributed by atoms with Gasteiger partial charge in [-0.05, 0) is 50.1 Å². The predicted molar refractivity (Wildman–Crippen MR) is 114 cm³/mol. The van der Waals surface area contributed by atoms with Gasteiger partial charge in [0.05, 0.1) is 29.3 Å². The van der Waals surface area contributed by atoms with E-state index in [-0.39, 0.29) is 10.8 Å². The Kier molecular flexibility index (Phi) is 3.89. The molecule has 4 heterocycles. The van der Waals surface area contributed by atoms with Crippen LogP contribution in [0.1, 0.15) is 20.8 Å². The fourth-order valence-electron chi connectivity index (χ4n) is 3.40. The van der Waals surface area contributed by atoms with E-state index in [0.717, 1.165) is 38.9 Å². The number of hydrogen-bond donors (Lipinski definition) is 1. The summed E-state index contributed by atoms with van der Waals surface area (Å²) in [6.07, 6.45) is 8.82. The maximum Gasteiger partial charge on any atom is 0.222 e. The molecule has 0 saturated heterocycles. The SMILES string of the molecule is CC(C)(C)n1cnc2ccc(-c3c[nH]c4ncc(-c5cnc(Cl)nc5)nc34)cc21. The van der Waals surface area contributed by atoms with Gasteiger partial charge in [-0.25, -0.2) is 24.9 Å². The monoisotopic (exact) mass is 403 g/mol. The second-order valence-corrected chi connectivity index (χ2v) is 8.22. The molecule has 0 spiro atoms. The molecule has 0 fully saturated rings. The number of fused-ring (bicyclic) bond motifs is 2. The van der Waals surface area contributed by atoms with E-state index in [2.05, 4.69) is 62.4 Å². The van der Waals surface area contributed by atoms with E-state index >= 15 is 0 Å². The molecule has 1 N–H and O–H groups in total. The van der Waals surface area contributed by atoms with Gasteiger partial charge in [-0.1, -0.05) is 6.07 Å². The third-order valence-electron chi connectivity index (χ3n) is 4.88. The molecule has 7 nitrogen and oxygen atoms in total. The fourth-order valence-corrected chi connectivity index (χ4v) is 3.50. The van der Waals surface area contributed by atoms with Crippen molar-refractivity contribution in [2.75, 3.05) is 0 Å². The molecule has 4 aromatic heterocycles. The third kappa shape index (κ3) is 3.03. The van der Waals surface area contributed by atoms with E-state index in [9.17, 15) is 0 Å². The molecule has 0 aliphatic rings. The van der Waals surface area contributed by atoms with Crippen LogP contribution in [-0.4, -0.2) is 34.5 Å². The van der Waals surface area contributed by atoms with E-state index in [4.69, 9.17) is 16.6 Å². The summed E-state index contributed by atoms with van der Waals surface area (Å²) in [4.78, 5) is 25.1. The molecule has 29 heavy (non-hydrogen) atoms. The van der Waals surface area contributed by atoms with Crippen molar-refractivity contribution in [1.29, 1.82) is 0 Å². The first-order valence-corrected chi connectivity index (χ1v) is 9.58. The highest BCUT2D eigenvalue weighted by molar-refractivity contribution is 6.28. The van der Waals surface area contributed by atoms with Gasteiger partial charge in [-0.15, -0.1) is 0 Å². The first-order chi connectivity index (χ1) is 13.9. The zero-order valence-corrected chi connectivity index (χ0v) is 16.9. The van der Waals surface area contributed by atoms with E-state index < -0.39 is 0 Å². The van der Waals surface area contributed by atoms with Gasteiger partial charge in [0.15, 0.2) is 5.65 Å². The highest BCUT2D eigenvalue weighted by Crippen LogP contribution is 2.31. The van der Waals surface area contributed by atoms with Gasteiger partial charge in [0, 0.05) is 35.3 Å². The minimum absolute atomic E-state index is 0.0604. The largest absolute Gasteiger partial charge is 0.344 e. The number of benzene rings is 1. The molecule has 5 aromatic rings. The standard InChI is InChI=1S/C21H18ClN7/c1-21(2,3)29-11-27-15-5-4-12(6-17(15)29)14-9-23-19-18(14)28-16(10-24-19)13-7-25-20(22)26-8-13/h4-11H,1-3H3,(H,23,24). The van der Waals surface area contributed by atoms with Crippen molar-refractivity contribution < 1.29 is 0 Å². The Bertz CT molecular complexity index is 1340. The summed E-state index contributed by atoms with van der Waals surface area (Å²) in [5.41, 5.74) is 6.99. The van der Waals surface area contributed by atoms with Crippen molar-refractivity contribution in [2.45, 2.75) is 26.3 Å². The molecule has 0 saturated carbocycles. The van der Waals surface area contributed by atoms with E-state index in [0.29, 0.717) is 5.69 Å². The molecule has 0 aliphatic carbocycles. The number of hydrogen-bond acceptors (Lipinski definition) is 5. The number of aromatic nitrogens is 7. The van der Waals surface area contributed by atoms with Gasteiger partial charge in [0.25, 0.3) is 0 Å². The summed E-state index contributed by atoms with van der Waals surface area (Å²) in [5, 5.41) is 0.203. The highest BCUT2D eigenvalue weighted by atomic mass is 35.5. The molecule has 8 heteroatoms. The average molecular weight is 404 g/mol. The molecule has 144 valence electrons. The van der Waals surface area contributed by atoms with Crippen LogP contribution in [0.3, 0.4) is 0 Å². The first kappa shape index (κ1) is 17.8. The quantitative estimate of drug-likeness (QED) is 0.426. The van der Waals surface area contributed by atoms with E-state index in [1.165, 1.54) is 0 Å². The van der Waals surface area contributed by atoms with Crippen molar-refractivity contribution in [2.24, 2.45) is 0 Å². The topological polar surface area (TPSA) is 85.2 Å². The van der Waals surface area contributed by atoms with Crippen LogP contribution in [0, 0.1) is 0 Å². The van der Waals surface area contributed by atoms with Gasteiger partial charge < -0.3 is 9.55 Å². The third-order valence-corrected chi connectivity index (χ3v) is 5.07. The molecule has 0 unspecified atom stereocenters. The molecule has 1 aromatic carbocycles. The van der Waals surface area contributed by atoms with Gasteiger partial charge in [0.2, 0.25) is 5.28 Å². The van der Waals surface area contributed by atoms with Crippen molar-refractivity contribution >= 4 is 33.8 Å². The van der Waals surface area contributed by atoms with E-state index in [1.54, 1.807) is 18.6 Å². The second kappa shape index (κ2) is 6.35. The summed E-state index contributed by atoms with van der Waals surface area (Å²) in [6.45, 7) is 6.50. The lowest BCUT2D eigenvalue weighted by atomic mass is 10.1. The van der Waals surface area contributed by atoms with Crippen LogP contribution in [0.15, 0.2) is 49.3 Å². The molecule has 5 rings (SSSR count). The average Bonchev–Trinajstić information content (AvgIpc) is 3.31. The summed E-state index contributed by atoms with van der Waals surface area (Å²) in [5.74, 6) is 0. The van der Waals surface area contributed by atoms with Crippen molar-refractivity contribution in [1.82, 2.24) is 34.5 Å². The normalized spacial score (nSPS) is 12.1.